The lowest BCUT2D eigenvalue weighted by Crippen LogP contribution is -2.44. The molecule has 0 radical (unpaired) electrons. The summed E-state index contributed by atoms with van der Waals surface area (Å²) in [5, 5.41) is 2.74. The molecule has 0 spiro atoms. The Balaban J connectivity index is 0.00000162. The smallest absolute Gasteiger partial charge is 0.273 e. The van der Waals surface area contributed by atoms with Gasteiger partial charge in [0.2, 0.25) is 0 Å². The first kappa shape index (κ1) is 15.4. The van der Waals surface area contributed by atoms with E-state index in [1.807, 2.05) is 12.3 Å². The molecule has 0 aromatic carbocycles. The van der Waals surface area contributed by atoms with Gasteiger partial charge in [0.25, 0.3) is 5.91 Å². The third-order valence-electron chi connectivity index (χ3n) is 2.66. The van der Waals surface area contributed by atoms with Crippen LogP contribution < -0.4 is 5.73 Å². The number of halogens is 1. The molecule has 1 fully saturated rings. The number of amides is 1. The SMILES string of the molecule is CC1CN(C(=O)c2csc(CCN)n2)CCO1.Cl. The molecule has 102 valence electrons. The van der Waals surface area contributed by atoms with Crippen LogP contribution in [0.5, 0.6) is 0 Å². The van der Waals surface area contributed by atoms with Gasteiger partial charge in [-0.1, -0.05) is 0 Å². The van der Waals surface area contributed by atoms with Crippen LogP contribution in [0.1, 0.15) is 22.4 Å². The third-order valence-corrected chi connectivity index (χ3v) is 3.57. The Morgan fingerprint density at radius 2 is 2.50 bits per heavy atom. The van der Waals surface area contributed by atoms with Gasteiger partial charge >= 0.3 is 0 Å². The van der Waals surface area contributed by atoms with Crippen molar-refractivity contribution in [1.29, 1.82) is 0 Å². The summed E-state index contributed by atoms with van der Waals surface area (Å²) in [4.78, 5) is 18.3. The van der Waals surface area contributed by atoms with Gasteiger partial charge in [0.15, 0.2) is 0 Å². The molecular weight excluding hydrogens is 274 g/mol. The Labute approximate surface area is 117 Å². The first-order valence-electron chi connectivity index (χ1n) is 5.76. The molecule has 1 aliphatic heterocycles. The van der Waals surface area contributed by atoms with E-state index in [1.54, 1.807) is 4.90 Å². The zero-order valence-corrected chi connectivity index (χ0v) is 11.9. The quantitative estimate of drug-likeness (QED) is 0.899. The topological polar surface area (TPSA) is 68.5 Å². The van der Waals surface area contributed by atoms with Crippen molar-refractivity contribution >= 4 is 29.7 Å². The van der Waals surface area contributed by atoms with Gasteiger partial charge in [-0.3, -0.25) is 4.79 Å². The molecule has 5 nitrogen and oxygen atoms in total. The number of thiazole rings is 1. The Morgan fingerprint density at radius 3 is 3.17 bits per heavy atom. The number of aromatic nitrogens is 1. The molecule has 1 saturated heterocycles. The van der Waals surface area contributed by atoms with Crippen LogP contribution in [0.3, 0.4) is 0 Å². The number of ether oxygens (including phenoxy) is 1. The molecule has 0 saturated carbocycles. The first-order valence-corrected chi connectivity index (χ1v) is 6.64. The van der Waals surface area contributed by atoms with Crippen molar-refractivity contribution in [1.82, 2.24) is 9.88 Å². The minimum absolute atomic E-state index is 0. The number of carbonyl (C=O) groups excluding carboxylic acids is 1. The molecule has 1 amide bonds. The van der Waals surface area contributed by atoms with Crippen molar-refractivity contribution in [2.24, 2.45) is 5.73 Å². The summed E-state index contributed by atoms with van der Waals surface area (Å²) in [6, 6.07) is 0. The van der Waals surface area contributed by atoms with Gasteiger partial charge in [-0.25, -0.2) is 4.98 Å². The highest BCUT2D eigenvalue weighted by Gasteiger charge is 2.23. The monoisotopic (exact) mass is 291 g/mol. The number of carbonyl (C=O) groups is 1. The average molecular weight is 292 g/mol. The maximum absolute atomic E-state index is 12.1. The Kier molecular flexibility index (Phi) is 6.01. The van der Waals surface area contributed by atoms with E-state index in [1.165, 1.54) is 11.3 Å². The number of hydrogen-bond donors (Lipinski definition) is 1. The van der Waals surface area contributed by atoms with Crippen molar-refractivity contribution in [2.75, 3.05) is 26.2 Å². The van der Waals surface area contributed by atoms with E-state index in [-0.39, 0.29) is 24.4 Å². The number of nitrogens with two attached hydrogens (primary N) is 1. The van der Waals surface area contributed by atoms with Crippen molar-refractivity contribution in [3.8, 4) is 0 Å². The van der Waals surface area contributed by atoms with E-state index in [0.29, 0.717) is 31.9 Å². The lowest BCUT2D eigenvalue weighted by molar-refractivity contribution is -0.0126. The molecule has 1 atom stereocenters. The predicted octanol–water partition coefficient (Wildman–Crippen LogP) is 0.927. The molecule has 1 aromatic heterocycles. The van der Waals surface area contributed by atoms with Crippen LogP contribution in [0.2, 0.25) is 0 Å². The number of hydrogen-bond acceptors (Lipinski definition) is 5. The summed E-state index contributed by atoms with van der Waals surface area (Å²) in [7, 11) is 0. The second-order valence-electron chi connectivity index (χ2n) is 4.10. The van der Waals surface area contributed by atoms with E-state index in [2.05, 4.69) is 4.98 Å². The third kappa shape index (κ3) is 3.65. The Morgan fingerprint density at radius 1 is 1.72 bits per heavy atom. The van der Waals surface area contributed by atoms with Gasteiger partial charge in [-0.2, -0.15) is 0 Å². The molecule has 1 unspecified atom stereocenters. The number of rotatable bonds is 3. The van der Waals surface area contributed by atoms with Crippen LogP contribution in [0.4, 0.5) is 0 Å². The normalized spacial score (nSPS) is 19.4. The van der Waals surface area contributed by atoms with Gasteiger partial charge in [-0.05, 0) is 13.5 Å². The van der Waals surface area contributed by atoms with Crippen molar-refractivity contribution < 1.29 is 9.53 Å². The van der Waals surface area contributed by atoms with Crippen LogP contribution in [-0.4, -0.2) is 48.1 Å². The highest BCUT2D eigenvalue weighted by atomic mass is 35.5. The fourth-order valence-corrected chi connectivity index (χ4v) is 2.60. The predicted molar refractivity (Wildman–Crippen MR) is 73.4 cm³/mol. The van der Waals surface area contributed by atoms with E-state index < -0.39 is 0 Å². The molecule has 0 bridgehead atoms. The van der Waals surface area contributed by atoms with Crippen LogP contribution >= 0.6 is 23.7 Å². The molecule has 2 heterocycles. The van der Waals surface area contributed by atoms with Crippen LogP contribution in [0.25, 0.3) is 0 Å². The van der Waals surface area contributed by atoms with Gasteiger partial charge < -0.3 is 15.4 Å². The first-order chi connectivity index (χ1) is 8.20. The minimum Gasteiger partial charge on any atom is -0.375 e. The molecule has 1 aromatic rings. The molecular formula is C11H18ClN3O2S. The summed E-state index contributed by atoms with van der Waals surface area (Å²) in [5.74, 6) is -0.000304. The highest BCUT2D eigenvalue weighted by molar-refractivity contribution is 7.09. The van der Waals surface area contributed by atoms with Gasteiger partial charge in [0.1, 0.15) is 5.69 Å². The summed E-state index contributed by atoms with van der Waals surface area (Å²) < 4.78 is 5.41. The van der Waals surface area contributed by atoms with Gasteiger partial charge in [0.05, 0.1) is 17.7 Å². The summed E-state index contributed by atoms with van der Waals surface area (Å²) >= 11 is 1.50. The summed E-state index contributed by atoms with van der Waals surface area (Å²) in [6.45, 7) is 4.43. The Hall–Kier alpha value is -0.690. The van der Waals surface area contributed by atoms with Crippen LogP contribution in [0.15, 0.2) is 5.38 Å². The van der Waals surface area contributed by atoms with Crippen molar-refractivity contribution in [2.45, 2.75) is 19.4 Å². The Bertz CT molecular complexity index is 399. The lowest BCUT2D eigenvalue weighted by Gasteiger charge is -2.30. The fraction of sp³-hybridized carbons (Fsp3) is 0.636. The number of morpholine rings is 1. The standard InChI is InChI=1S/C11H17N3O2S.ClH/c1-8-6-14(4-5-16-8)11(15)9-7-17-10(13-9)2-3-12;/h7-8H,2-6,12H2,1H3;1H. The molecule has 2 rings (SSSR count). The zero-order chi connectivity index (χ0) is 12.3. The average Bonchev–Trinajstić information content (AvgIpc) is 2.77. The second kappa shape index (κ2) is 7.04. The molecule has 0 aliphatic carbocycles. The van der Waals surface area contributed by atoms with Crippen LogP contribution in [0, 0.1) is 0 Å². The van der Waals surface area contributed by atoms with E-state index in [9.17, 15) is 4.79 Å². The summed E-state index contributed by atoms with van der Waals surface area (Å²) in [6.07, 6.45) is 0.840. The van der Waals surface area contributed by atoms with Crippen molar-refractivity contribution in [3.63, 3.8) is 0 Å². The van der Waals surface area contributed by atoms with Gasteiger partial charge in [-0.15, -0.1) is 23.7 Å². The summed E-state index contributed by atoms with van der Waals surface area (Å²) in [5.41, 5.74) is 6.00. The molecule has 7 heteroatoms. The fourth-order valence-electron chi connectivity index (χ4n) is 1.81. The second-order valence-corrected chi connectivity index (χ2v) is 5.04. The van der Waals surface area contributed by atoms with E-state index >= 15 is 0 Å². The zero-order valence-electron chi connectivity index (χ0n) is 10.3. The number of nitrogens with zero attached hydrogens (tertiary/aromatic N) is 2. The maximum Gasteiger partial charge on any atom is 0.273 e. The van der Waals surface area contributed by atoms with Crippen molar-refractivity contribution in [3.05, 3.63) is 16.1 Å². The molecule has 1 aliphatic rings. The molecule has 18 heavy (non-hydrogen) atoms. The minimum atomic E-state index is -0.000304. The lowest BCUT2D eigenvalue weighted by atomic mass is 10.3. The highest BCUT2D eigenvalue weighted by Crippen LogP contribution is 2.14. The van der Waals surface area contributed by atoms with Gasteiger partial charge in [0, 0.05) is 24.9 Å². The maximum atomic E-state index is 12.1. The van der Waals surface area contributed by atoms with E-state index in [0.717, 1.165) is 11.4 Å². The largest absolute Gasteiger partial charge is 0.375 e. The van der Waals surface area contributed by atoms with Crippen LogP contribution in [-0.2, 0) is 11.2 Å². The molecule has 2 N–H and O–H groups in total. The van der Waals surface area contributed by atoms with E-state index in [4.69, 9.17) is 10.5 Å².